The van der Waals surface area contributed by atoms with Gasteiger partial charge in [-0.2, -0.15) is 5.01 Å². The molecule has 5 nitrogen and oxygen atoms in total. The van der Waals surface area contributed by atoms with Crippen molar-refractivity contribution in [3.8, 4) is 0 Å². The molecular weight excluding hydrogens is 158 g/mol. The second-order valence-electron chi connectivity index (χ2n) is 2.56. The molecule has 0 bridgehead atoms. The highest BCUT2D eigenvalue weighted by atomic mass is 16.2. The first kappa shape index (κ1) is 10.9. The highest BCUT2D eigenvalue weighted by Crippen LogP contribution is 2.00. The predicted molar refractivity (Wildman–Crippen MR) is 44.8 cm³/mol. The van der Waals surface area contributed by atoms with E-state index in [1.165, 1.54) is 0 Å². The molecule has 12 heavy (non-hydrogen) atoms. The van der Waals surface area contributed by atoms with Crippen LogP contribution in [0.5, 0.6) is 0 Å². The molecular formula is C7H15N3O2. The molecule has 0 aromatic heterocycles. The molecule has 0 aliphatic rings. The Bertz CT molecular complexity index is 170. The van der Waals surface area contributed by atoms with E-state index in [-0.39, 0.29) is 6.42 Å². The third kappa shape index (κ3) is 3.92. The van der Waals surface area contributed by atoms with E-state index < -0.39 is 11.9 Å². The average molecular weight is 173 g/mol. The minimum atomic E-state index is -0.906. The van der Waals surface area contributed by atoms with Crippen molar-refractivity contribution in [2.75, 3.05) is 0 Å². The van der Waals surface area contributed by atoms with Crippen LogP contribution < -0.4 is 11.6 Å². The number of carbonyl (C=O) groups excluding carboxylic acids is 2. The van der Waals surface area contributed by atoms with Gasteiger partial charge in [0.25, 0.3) is 0 Å². The number of carbonyl (C=O) groups is 2. The third-order valence-corrected chi connectivity index (χ3v) is 1.50. The maximum atomic E-state index is 11.0. The standard InChI is InChI=1S/C7H15N3O2/c1-2-3-4-5-6(11)10(9)7(8)12/h2-5,9H2,1H3,(H2,8,12). The van der Waals surface area contributed by atoms with Gasteiger partial charge in [-0.25, -0.2) is 10.6 Å². The molecule has 0 heterocycles. The Labute approximate surface area is 71.7 Å². The van der Waals surface area contributed by atoms with Gasteiger partial charge in [-0.15, -0.1) is 0 Å². The Morgan fingerprint density at radius 3 is 2.33 bits per heavy atom. The molecule has 0 saturated heterocycles. The van der Waals surface area contributed by atoms with Crippen LogP contribution in [0.2, 0.25) is 0 Å². The summed E-state index contributed by atoms with van der Waals surface area (Å²) in [7, 11) is 0. The van der Waals surface area contributed by atoms with Gasteiger partial charge in [0.2, 0.25) is 5.91 Å². The lowest BCUT2D eigenvalue weighted by Crippen LogP contribution is -2.45. The number of urea groups is 1. The maximum Gasteiger partial charge on any atom is 0.336 e. The number of unbranched alkanes of at least 4 members (excludes halogenated alkanes) is 2. The molecule has 0 aliphatic carbocycles. The number of primary amides is 1. The number of hydrogen-bond donors (Lipinski definition) is 2. The quantitative estimate of drug-likeness (QED) is 0.278. The predicted octanol–water partition coefficient (Wildman–Crippen LogP) is 0.348. The van der Waals surface area contributed by atoms with Crippen molar-refractivity contribution in [1.29, 1.82) is 0 Å². The fourth-order valence-electron chi connectivity index (χ4n) is 0.770. The molecule has 0 spiro atoms. The summed E-state index contributed by atoms with van der Waals surface area (Å²) in [4.78, 5) is 21.3. The van der Waals surface area contributed by atoms with Gasteiger partial charge in [0, 0.05) is 6.42 Å². The van der Waals surface area contributed by atoms with E-state index in [1.54, 1.807) is 0 Å². The van der Waals surface area contributed by atoms with Crippen molar-refractivity contribution in [1.82, 2.24) is 5.01 Å². The Balaban J connectivity index is 3.65. The Morgan fingerprint density at radius 1 is 1.33 bits per heavy atom. The normalized spacial score (nSPS) is 9.50. The fraction of sp³-hybridized carbons (Fsp3) is 0.714. The second-order valence-corrected chi connectivity index (χ2v) is 2.56. The molecule has 0 atom stereocenters. The molecule has 0 aromatic carbocycles. The summed E-state index contributed by atoms with van der Waals surface area (Å²) in [6.07, 6.45) is 3.01. The molecule has 0 unspecified atom stereocenters. The lowest BCUT2D eigenvalue weighted by Gasteiger charge is -2.10. The number of amides is 3. The van der Waals surface area contributed by atoms with Crippen LogP contribution in [0.1, 0.15) is 32.6 Å². The van der Waals surface area contributed by atoms with E-state index in [0.29, 0.717) is 5.01 Å². The molecule has 0 fully saturated rings. The average Bonchev–Trinajstić information content (AvgIpc) is 2.03. The van der Waals surface area contributed by atoms with Gasteiger partial charge >= 0.3 is 6.03 Å². The first-order valence-corrected chi connectivity index (χ1v) is 3.96. The van der Waals surface area contributed by atoms with E-state index in [2.05, 4.69) is 0 Å². The van der Waals surface area contributed by atoms with Crippen LogP contribution in [-0.4, -0.2) is 16.9 Å². The summed E-state index contributed by atoms with van der Waals surface area (Å²) in [6.45, 7) is 2.03. The molecule has 0 rings (SSSR count). The molecule has 3 amide bonds. The first-order chi connectivity index (χ1) is 5.59. The minimum absolute atomic E-state index is 0.285. The van der Waals surface area contributed by atoms with E-state index in [0.717, 1.165) is 19.3 Å². The fourth-order valence-corrected chi connectivity index (χ4v) is 0.770. The number of rotatable bonds is 4. The lowest BCUT2D eigenvalue weighted by molar-refractivity contribution is -0.128. The van der Waals surface area contributed by atoms with Crippen LogP contribution in [-0.2, 0) is 4.79 Å². The van der Waals surface area contributed by atoms with E-state index in [9.17, 15) is 9.59 Å². The Kier molecular flexibility index (Phi) is 5.03. The number of hydrogen-bond acceptors (Lipinski definition) is 3. The highest BCUT2D eigenvalue weighted by molar-refractivity contribution is 5.92. The number of imide groups is 1. The summed E-state index contributed by atoms with van der Waals surface area (Å²) in [6, 6.07) is -0.906. The van der Waals surface area contributed by atoms with Crippen LogP contribution in [0.3, 0.4) is 0 Å². The van der Waals surface area contributed by atoms with Gasteiger partial charge in [0.1, 0.15) is 0 Å². The summed E-state index contributed by atoms with van der Waals surface area (Å²) >= 11 is 0. The van der Waals surface area contributed by atoms with Gasteiger partial charge in [0.05, 0.1) is 0 Å². The molecule has 0 aliphatic heterocycles. The smallest absolute Gasteiger partial charge is 0.336 e. The van der Waals surface area contributed by atoms with Crippen LogP contribution >= 0.6 is 0 Å². The van der Waals surface area contributed by atoms with Crippen molar-refractivity contribution in [2.24, 2.45) is 11.6 Å². The van der Waals surface area contributed by atoms with Crippen molar-refractivity contribution < 1.29 is 9.59 Å². The third-order valence-electron chi connectivity index (χ3n) is 1.50. The van der Waals surface area contributed by atoms with Crippen molar-refractivity contribution >= 4 is 11.9 Å². The zero-order valence-electron chi connectivity index (χ0n) is 7.25. The Hall–Kier alpha value is -1.10. The molecule has 5 heteroatoms. The summed E-state index contributed by atoms with van der Waals surface area (Å²) in [5.74, 6) is 4.63. The maximum absolute atomic E-state index is 11.0. The van der Waals surface area contributed by atoms with Crippen LogP contribution in [0, 0.1) is 0 Å². The summed E-state index contributed by atoms with van der Waals surface area (Å²) < 4.78 is 0. The van der Waals surface area contributed by atoms with Crippen LogP contribution in [0.4, 0.5) is 4.79 Å². The zero-order chi connectivity index (χ0) is 9.56. The number of hydrazine groups is 1. The monoisotopic (exact) mass is 173 g/mol. The largest absolute Gasteiger partial charge is 0.350 e. The molecule has 0 saturated carbocycles. The van der Waals surface area contributed by atoms with Crippen molar-refractivity contribution in [2.45, 2.75) is 32.6 Å². The van der Waals surface area contributed by atoms with Crippen molar-refractivity contribution in [3.05, 3.63) is 0 Å². The minimum Gasteiger partial charge on any atom is -0.350 e. The molecule has 70 valence electrons. The molecule has 4 N–H and O–H groups in total. The van der Waals surface area contributed by atoms with E-state index in [4.69, 9.17) is 11.6 Å². The van der Waals surface area contributed by atoms with Crippen LogP contribution in [0.25, 0.3) is 0 Å². The van der Waals surface area contributed by atoms with Gasteiger partial charge < -0.3 is 5.73 Å². The topological polar surface area (TPSA) is 89.4 Å². The van der Waals surface area contributed by atoms with Gasteiger partial charge in [-0.1, -0.05) is 19.8 Å². The SMILES string of the molecule is CCCCCC(=O)N(N)C(N)=O. The Morgan fingerprint density at radius 2 is 1.92 bits per heavy atom. The second kappa shape index (κ2) is 5.54. The van der Waals surface area contributed by atoms with Crippen molar-refractivity contribution in [3.63, 3.8) is 0 Å². The first-order valence-electron chi connectivity index (χ1n) is 3.96. The van der Waals surface area contributed by atoms with Gasteiger partial charge in [0.15, 0.2) is 0 Å². The molecule has 0 radical (unpaired) electrons. The number of nitrogens with zero attached hydrogens (tertiary/aromatic N) is 1. The summed E-state index contributed by atoms with van der Waals surface area (Å²) in [5.41, 5.74) is 4.78. The summed E-state index contributed by atoms with van der Waals surface area (Å²) in [5, 5.41) is 0.454. The lowest BCUT2D eigenvalue weighted by atomic mass is 10.2. The van der Waals surface area contributed by atoms with E-state index >= 15 is 0 Å². The zero-order valence-corrected chi connectivity index (χ0v) is 7.25. The van der Waals surface area contributed by atoms with Gasteiger partial charge in [-0.3, -0.25) is 4.79 Å². The van der Waals surface area contributed by atoms with Crippen LogP contribution in [0.15, 0.2) is 0 Å². The molecule has 0 aromatic rings. The highest BCUT2D eigenvalue weighted by Gasteiger charge is 2.12. The number of nitrogens with two attached hydrogens (primary N) is 2. The van der Waals surface area contributed by atoms with E-state index in [1.807, 2.05) is 6.92 Å². The van der Waals surface area contributed by atoms with Gasteiger partial charge in [-0.05, 0) is 6.42 Å².